The van der Waals surface area contributed by atoms with Crippen molar-refractivity contribution in [3.63, 3.8) is 0 Å². The molecule has 4 aromatic rings. The van der Waals surface area contributed by atoms with Crippen LogP contribution in [0.15, 0.2) is 90.0 Å². The Kier molecular flexibility index (Phi) is 4.80. The Morgan fingerprint density at radius 1 is 0.808 bits per heavy atom. The molecule has 0 aliphatic rings. The fourth-order valence-corrected chi connectivity index (χ4v) is 3.25. The Balaban J connectivity index is 1.86. The molecule has 0 radical (unpaired) electrons. The van der Waals surface area contributed by atoms with E-state index in [0.717, 1.165) is 33.0 Å². The molecule has 0 amide bonds. The van der Waals surface area contributed by atoms with Crippen LogP contribution in [0.5, 0.6) is 0 Å². The van der Waals surface area contributed by atoms with E-state index in [4.69, 9.17) is 21.8 Å². The van der Waals surface area contributed by atoms with Crippen molar-refractivity contribution in [2.75, 3.05) is 0 Å². The van der Waals surface area contributed by atoms with Crippen LogP contribution >= 0.6 is 23.5 Å². The Morgan fingerprint density at radius 3 is 2.15 bits per heavy atom. The number of nitrogens with zero attached hydrogens (tertiary/aromatic N) is 2. The highest BCUT2D eigenvalue weighted by Crippen LogP contribution is 2.32. The summed E-state index contributed by atoms with van der Waals surface area (Å²) in [6.07, 6.45) is 2.05. The van der Waals surface area contributed by atoms with Crippen molar-refractivity contribution in [2.24, 2.45) is 5.14 Å². The minimum Gasteiger partial charge on any atom is -0.274 e. The van der Waals surface area contributed by atoms with Crippen molar-refractivity contribution in [3.8, 4) is 28.1 Å². The fraction of sp³-hybridized carbons (Fsp3) is 0. The van der Waals surface area contributed by atoms with E-state index in [9.17, 15) is 0 Å². The van der Waals surface area contributed by atoms with Crippen molar-refractivity contribution in [2.45, 2.75) is 4.90 Å². The largest absolute Gasteiger partial charge is 0.274 e. The number of hydrogen-bond donors (Lipinski definition) is 1. The second-order valence-electron chi connectivity index (χ2n) is 5.82. The van der Waals surface area contributed by atoms with Crippen LogP contribution in [0.3, 0.4) is 0 Å². The van der Waals surface area contributed by atoms with Crippen LogP contribution in [0.4, 0.5) is 0 Å². The quantitative estimate of drug-likeness (QED) is 0.455. The van der Waals surface area contributed by atoms with Gasteiger partial charge < -0.3 is 0 Å². The molecular formula is C21H16ClN3S. The minimum absolute atomic E-state index is 0.708. The van der Waals surface area contributed by atoms with E-state index >= 15 is 0 Å². The van der Waals surface area contributed by atoms with Crippen LogP contribution in [0.1, 0.15) is 0 Å². The summed E-state index contributed by atoms with van der Waals surface area (Å²) >= 11 is 7.26. The number of hydrogen-bond acceptors (Lipinski definition) is 3. The molecule has 0 saturated carbocycles. The summed E-state index contributed by atoms with van der Waals surface area (Å²) < 4.78 is 1.89. The van der Waals surface area contributed by atoms with E-state index in [2.05, 4.69) is 30.5 Å². The van der Waals surface area contributed by atoms with Gasteiger partial charge in [0, 0.05) is 27.2 Å². The smallest absolute Gasteiger partial charge is 0.101 e. The van der Waals surface area contributed by atoms with E-state index in [1.54, 1.807) is 0 Å². The van der Waals surface area contributed by atoms with Crippen molar-refractivity contribution in [1.82, 2.24) is 9.78 Å². The van der Waals surface area contributed by atoms with Crippen LogP contribution < -0.4 is 5.14 Å². The summed E-state index contributed by atoms with van der Waals surface area (Å²) in [5.74, 6) is 0. The van der Waals surface area contributed by atoms with Gasteiger partial charge in [-0.25, -0.2) is 4.68 Å². The maximum absolute atomic E-state index is 6.01. The van der Waals surface area contributed by atoms with Gasteiger partial charge in [-0.15, -0.1) is 0 Å². The molecule has 4 rings (SSSR count). The third-order valence-corrected chi connectivity index (χ3v) is 4.95. The molecule has 1 heterocycles. The van der Waals surface area contributed by atoms with E-state index < -0.39 is 0 Å². The van der Waals surface area contributed by atoms with Crippen LogP contribution in [0.25, 0.3) is 28.1 Å². The van der Waals surface area contributed by atoms with E-state index in [0.29, 0.717) is 5.02 Å². The Labute approximate surface area is 161 Å². The highest BCUT2D eigenvalue weighted by Gasteiger charge is 2.14. The molecule has 1 aromatic heterocycles. The molecule has 0 fully saturated rings. The second kappa shape index (κ2) is 7.38. The first-order chi connectivity index (χ1) is 12.7. The topological polar surface area (TPSA) is 43.8 Å². The molecule has 5 heteroatoms. The zero-order valence-corrected chi connectivity index (χ0v) is 15.4. The first-order valence-corrected chi connectivity index (χ1v) is 9.38. The number of rotatable bonds is 4. The lowest BCUT2D eigenvalue weighted by Gasteiger charge is -2.03. The van der Waals surface area contributed by atoms with Crippen molar-refractivity contribution in [3.05, 3.63) is 90.1 Å². The zero-order valence-electron chi connectivity index (χ0n) is 13.8. The molecule has 0 atom stereocenters. The summed E-state index contributed by atoms with van der Waals surface area (Å²) in [6, 6.07) is 26.0. The third kappa shape index (κ3) is 3.40. The lowest BCUT2D eigenvalue weighted by atomic mass is 10.0. The van der Waals surface area contributed by atoms with Crippen molar-refractivity contribution < 1.29 is 0 Å². The molecule has 2 N–H and O–H groups in total. The Morgan fingerprint density at radius 2 is 1.50 bits per heavy atom. The predicted octanol–water partition coefficient (Wildman–Crippen LogP) is 5.83. The summed E-state index contributed by atoms with van der Waals surface area (Å²) in [6.45, 7) is 0. The molecule has 26 heavy (non-hydrogen) atoms. The maximum Gasteiger partial charge on any atom is 0.101 e. The molecule has 0 unspecified atom stereocenters. The fourth-order valence-electron chi connectivity index (χ4n) is 2.83. The van der Waals surface area contributed by atoms with Gasteiger partial charge >= 0.3 is 0 Å². The Hall–Kier alpha value is -2.53. The van der Waals surface area contributed by atoms with Gasteiger partial charge in [0.1, 0.15) is 5.69 Å². The van der Waals surface area contributed by atoms with Gasteiger partial charge in [0.05, 0.1) is 5.69 Å². The number of benzene rings is 3. The highest BCUT2D eigenvalue weighted by molar-refractivity contribution is 7.97. The van der Waals surface area contributed by atoms with E-state index in [1.807, 2.05) is 59.3 Å². The van der Waals surface area contributed by atoms with Crippen LogP contribution in [0, 0.1) is 0 Å². The first-order valence-electron chi connectivity index (χ1n) is 8.13. The van der Waals surface area contributed by atoms with Gasteiger partial charge in [0.25, 0.3) is 0 Å². The average Bonchev–Trinajstić information content (AvgIpc) is 3.15. The molecule has 0 spiro atoms. The molecule has 0 bridgehead atoms. The van der Waals surface area contributed by atoms with Gasteiger partial charge in [0.2, 0.25) is 0 Å². The summed E-state index contributed by atoms with van der Waals surface area (Å²) in [7, 11) is 0. The third-order valence-electron chi connectivity index (χ3n) is 4.15. The van der Waals surface area contributed by atoms with Gasteiger partial charge in [-0.05, 0) is 53.9 Å². The molecule has 3 aromatic carbocycles. The zero-order chi connectivity index (χ0) is 17.9. The summed E-state index contributed by atoms with van der Waals surface area (Å²) in [4.78, 5) is 1.03. The molecule has 3 nitrogen and oxygen atoms in total. The minimum atomic E-state index is 0.708. The predicted molar refractivity (Wildman–Crippen MR) is 109 cm³/mol. The van der Waals surface area contributed by atoms with Gasteiger partial charge in [-0.3, -0.25) is 5.14 Å². The SMILES string of the molecule is NSc1ccc(-c2cn(-c3ccc(Cl)cc3)nc2-c2ccccc2)cc1. The van der Waals surface area contributed by atoms with Crippen LogP contribution in [-0.4, -0.2) is 9.78 Å². The number of halogens is 1. The molecule has 0 saturated heterocycles. The van der Waals surface area contributed by atoms with Gasteiger partial charge in [-0.1, -0.05) is 54.1 Å². The summed E-state index contributed by atoms with van der Waals surface area (Å²) in [5.41, 5.74) is 5.15. The Bertz CT molecular complexity index is 1010. The molecule has 128 valence electrons. The van der Waals surface area contributed by atoms with Gasteiger partial charge in [0.15, 0.2) is 0 Å². The molecule has 0 aliphatic heterocycles. The normalized spacial score (nSPS) is 10.8. The maximum atomic E-state index is 6.01. The van der Waals surface area contributed by atoms with Crippen molar-refractivity contribution in [1.29, 1.82) is 0 Å². The van der Waals surface area contributed by atoms with Crippen LogP contribution in [-0.2, 0) is 0 Å². The average molecular weight is 378 g/mol. The molecule has 0 aliphatic carbocycles. The second-order valence-corrected chi connectivity index (χ2v) is 6.96. The van der Waals surface area contributed by atoms with E-state index in [1.165, 1.54) is 11.9 Å². The monoisotopic (exact) mass is 377 g/mol. The summed E-state index contributed by atoms with van der Waals surface area (Å²) in [5, 5.41) is 11.2. The van der Waals surface area contributed by atoms with Gasteiger partial charge in [-0.2, -0.15) is 5.10 Å². The lowest BCUT2D eigenvalue weighted by Crippen LogP contribution is -1.94. The van der Waals surface area contributed by atoms with Crippen molar-refractivity contribution >= 4 is 23.5 Å². The van der Waals surface area contributed by atoms with E-state index in [-0.39, 0.29) is 0 Å². The lowest BCUT2D eigenvalue weighted by molar-refractivity contribution is 0.884. The number of nitrogens with two attached hydrogens (primary N) is 1. The van der Waals surface area contributed by atoms with Crippen LogP contribution in [0.2, 0.25) is 5.02 Å². The molecular weight excluding hydrogens is 362 g/mol. The standard InChI is InChI=1S/C21H16ClN3S/c22-17-8-10-18(11-9-17)25-14-20(15-6-12-19(26-23)13-7-15)21(24-25)16-4-2-1-3-5-16/h1-14H,23H2. The number of aromatic nitrogens is 2. The highest BCUT2D eigenvalue weighted by atomic mass is 35.5. The first kappa shape index (κ1) is 16.9.